The van der Waals surface area contributed by atoms with Crippen LogP contribution in [0, 0.1) is 6.92 Å². The molecule has 0 aliphatic rings. The number of aromatic nitrogens is 2. The van der Waals surface area contributed by atoms with Gasteiger partial charge in [0, 0.05) is 26.4 Å². The fraction of sp³-hybridized carbons (Fsp3) is 0.0385. The van der Waals surface area contributed by atoms with Crippen LogP contribution in [0.4, 0.5) is 5.13 Å². The van der Waals surface area contributed by atoms with Gasteiger partial charge in [-0.15, -0.1) is 11.3 Å². The van der Waals surface area contributed by atoms with Gasteiger partial charge in [-0.1, -0.05) is 76.1 Å². The van der Waals surface area contributed by atoms with Gasteiger partial charge in [-0.2, -0.15) is 0 Å². The van der Waals surface area contributed by atoms with Gasteiger partial charge >= 0.3 is 0 Å². The summed E-state index contributed by atoms with van der Waals surface area (Å²) < 4.78 is 1.01. The highest BCUT2D eigenvalue weighted by atomic mass is 79.9. The molecule has 1 amide bonds. The Balaban J connectivity index is 1.49. The van der Waals surface area contributed by atoms with Crippen molar-refractivity contribution in [3.63, 3.8) is 0 Å². The van der Waals surface area contributed by atoms with E-state index in [1.165, 1.54) is 16.9 Å². The number of pyridine rings is 1. The maximum Gasteiger partial charge on any atom is 0.258 e. The molecule has 2 aromatic heterocycles. The summed E-state index contributed by atoms with van der Waals surface area (Å²) in [5.74, 6) is -0.200. The molecular weight excluding hydrogens is 482 g/mol. The second-order valence-electron chi connectivity index (χ2n) is 7.44. The van der Waals surface area contributed by atoms with Gasteiger partial charge in [0.25, 0.3) is 5.91 Å². The summed E-state index contributed by atoms with van der Waals surface area (Å²) in [5, 5.41) is 6.29. The molecule has 0 spiro atoms. The van der Waals surface area contributed by atoms with Crippen molar-refractivity contribution in [2.75, 3.05) is 5.32 Å². The molecule has 0 saturated heterocycles. The molecule has 32 heavy (non-hydrogen) atoms. The average Bonchev–Trinajstić information content (AvgIpc) is 3.27. The molecule has 0 bridgehead atoms. The molecule has 3 aromatic carbocycles. The van der Waals surface area contributed by atoms with Crippen LogP contribution in [0.25, 0.3) is 33.4 Å². The van der Waals surface area contributed by atoms with Gasteiger partial charge in [-0.05, 0) is 31.2 Å². The van der Waals surface area contributed by atoms with Crippen LogP contribution in [0.3, 0.4) is 0 Å². The summed E-state index contributed by atoms with van der Waals surface area (Å²) >= 11 is 4.86. The number of para-hydroxylation sites is 1. The summed E-state index contributed by atoms with van der Waals surface area (Å²) in [5.41, 5.74) is 6.11. The molecule has 0 unspecified atom stereocenters. The van der Waals surface area contributed by atoms with Gasteiger partial charge in [-0.25, -0.2) is 9.97 Å². The molecule has 0 aliphatic carbocycles. The number of carbonyl (C=O) groups is 1. The topological polar surface area (TPSA) is 54.9 Å². The molecule has 0 aliphatic heterocycles. The lowest BCUT2D eigenvalue weighted by atomic mass is 10.0. The lowest BCUT2D eigenvalue weighted by Gasteiger charge is -2.10. The van der Waals surface area contributed by atoms with Crippen LogP contribution in [0.2, 0.25) is 0 Å². The number of hydrogen-bond acceptors (Lipinski definition) is 4. The number of fused-ring (bicyclic) bond motifs is 1. The van der Waals surface area contributed by atoms with E-state index in [9.17, 15) is 4.79 Å². The Bertz CT molecular complexity index is 1430. The number of halogens is 1. The van der Waals surface area contributed by atoms with Crippen LogP contribution >= 0.6 is 27.3 Å². The number of aryl methyl sites for hydroxylation is 1. The summed E-state index contributed by atoms with van der Waals surface area (Å²) in [4.78, 5) is 22.7. The van der Waals surface area contributed by atoms with E-state index >= 15 is 0 Å². The zero-order valence-corrected chi connectivity index (χ0v) is 19.6. The van der Waals surface area contributed by atoms with Crippen LogP contribution in [0.5, 0.6) is 0 Å². The molecule has 156 valence electrons. The van der Waals surface area contributed by atoms with Crippen molar-refractivity contribution in [3.05, 3.63) is 99.8 Å². The van der Waals surface area contributed by atoms with E-state index in [4.69, 9.17) is 4.98 Å². The number of anilines is 1. The SMILES string of the molecule is Cc1ccc(-c2cc(C(=O)Nc3nc(-c4ccc(Br)cc4)cs3)c3ccccc3n2)cc1. The van der Waals surface area contributed by atoms with Crippen LogP contribution in [-0.4, -0.2) is 15.9 Å². The Labute approximate surface area is 198 Å². The van der Waals surface area contributed by atoms with E-state index in [2.05, 4.69) is 26.2 Å². The number of nitrogens with one attached hydrogen (secondary N) is 1. The summed E-state index contributed by atoms with van der Waals surface area (Å²) in [6.07, 6.45) is 0. The minimum atomic E-state index is -0.200. The molecular formula is C26H18BrN3OS. The molecule has 0 saturated carbocycles. The van der Waals surface area contributed by atoms with E-state index in [0.29, 0.717) is 10.7 Å². The predicted molar refractivity (Wildman–Crippen MR) is 135 cm³/mol. The molecule has 2 heterocycles. The van der Waals surface area contributed by atoms with E-state index in [1.54, 1.807) is 0 Å². The maximum atomic E-state index is 13.3. The molecule has 4 nitrogen and oxygen atoms in total. The highest BCUT2D eigenvalue weighted by Crippen LogP contribution is 2.29. The highest BCUT2D eigenvalue weighted by Gasteiger charge is 2.16. The molecule has 5 aromatic rings. The van der Waals surface area contributed by atoms with Crippen molar-refractivity contribution in [2.45, 2.75) is 6.92 Å². The fourth-order valence-corrected chi connectivity index (χ4v) is 4.46. The molecule has 5 rings (SSSR count). The standard InChI is InChI=1S/C26H18BrN3OS/c1-16-6-8-17(9-7-16)23-14-21(20-4-2-3-5-22(20)28-23)25(31)30-26-29-24(15-32-26)18-10-12-19(27)13-11-18/h2-15H,1H3,(H,29,30,31). The van der Waals surface area contributed by atoms with Crippen molar-refractivity contribution < 1.29 is 4.79 Å². The third-order valence-electron chi connectivity index (χ3n) is 5.17. The predicted octanol–water partition coefficient (Wildman–Crippen LogP) is 7.35. The summed E-state index contributed by atoms with van der Waals surface area (Å²) in [6, 6.07) is 25.6. The van der Waals surface area contributed by atoms with Crippen molar-refractivity contribution in [1.29, 1.82) is 0 Å². The first-order chi connectivity index (χ1) is 15.6. The second-order valence-corrected chi connectivity index (χ2v) is 9.21. The van der Waals surface area contributed by atoms with Crippen LogP contribution in [-0.2, 0) is 0 Å². The minimum Gasteiger partial charge on any atom is -0.298 e. The number of carbonyl (C=O) groups excluding carboxylic acids is 1. The summed E-state index contributed by atoms with van der Waals surface area (Å²) in [6.45, 7) is 2.05. The molecule has 0 fully saturated rings. The van der Waals surface area contributed by atoms with E-state index in [0.717, 1.165) is 37.9 Å². The van der Waals surface area contributed by atoms with E-state index in [1.807, 2.05) is 91.2 Å². The number of thiazole rings is 1. The lowest BCUT2D eigenvalue weighted by molar-refractivity contribution is 0.102. The zero-order valence-electron chi connectivity index (χ0n) is 17.2. The van der Waals surface area contributed by atoms with Crippen molar-refractivity contribution >= 4 is 49.2 Å². The van der Waals surface area contributed by atoms with Crippen LogP contribution < -0.4 is 5.32 Å². The van der Waals surface area contributed by atoms with E-state index < -0.39 is 0 Å². The quantitative estimate of drug-likeness (QED) is 0.281. The van der Waals surface area contributed by atoms with Crippen molar-refractivity contribution in [1.82, 2.24) is 9.97 Å². The molecule has 6 heteroatoms. The minimum absolute atomic E-state index is 0.200. The van der Waals surface area contributed by atoms with Gasteiger partial charge in [0.1, 0.15) is 0 Å². The monoisotopic (exact) mass is 499 g/mol. The second kappa shape index (κ2) is 8.65. The lowest BCUT2D eigenvalue weighted by Crippen LogP contribution is -2.13. The van der Waals surface area contributed by atoms with Gasteiger partial charge in [-0.3, -0.25) is 10.1 Å². The Kier molecular flexibility index (Phi) is 5.55. The van der Waals surface area contributed by atoms with Gasteiger partial charge in [0.15, 0.2) is 5.13 Å². The van der Waals surface area contributed by atoms with Gasteiger partial charge in [0.05, 0.1) is 22.5 Å². The number of hydrogen-bond donors (Lipinski definition) is 1. The van der Waals surface area contributed by atoms with E-state index in [-0.39, 0.29) is 5.91 Å². The molecule has 1 N–H and O–H groups in total. The Morgan fingerprint density at radius 1 is 0.875 bits per heavy atom. The maximum absolute atomic E-state index is 13.3. The van der Waals surface area contributed by atoms with Crippen molar-refractivity contribution in [3.8, 4) is 22.5 Å². The fourth-order valence-electron chi connectivity index (χ4n) is 3.48. The smallest absolute Gasteiger partial charge is 0.258 e. The van der Waals surface area contributed by atoms with Gasteiger partial charge in [0.2, 0.25) is 0 Å². The van der Waals surface area contributed by atoms with Crippen molar-refractivity contribution in [2.24, 2.45) is 0 Å². The number of nitrogens with zero attached hydrogens (tertiary/aromatic N) is 2. The third kappa shape index (κ3) is 4.20. The largest absolute Gasteiger partial charge is 0.298 e. The molecule has 0 radical (unpaired) electrons. The molecule has 0 atom stereocenters. The highest BCUT2D eigenvalue weighted by molar-refractivity contribution is 9.10. The van der Waals surface area contributed by atoms with Crippen LogP contribution in [0.1, 0.15) is 15.9 Å². The Hall–Kier alpha value is -3.35. The first kappa shape index (κ1) is 20.5. The normalized spacial score (nSPS) is 10.9. The first-order valence-corrected chi connectivity index (χ1v) is 11.7. The number of rotatable bonds is 4. The average molecular weight is 500 g/mol. The van der Waals surface area contributed by atoms with Gasteiger partial charge < -0.3 is 0 Å². The summed E-state index contributed by atoms with van der Waals surface area (Å²) in [7, 11) is 0. The zero-order chi connectivity index (χ0) is 22.1. The Morgan fingerprint density at radius 3 is 2.34 bits per heavy atom. The first-order valence-electron chi connectivity index (χ1n) is 10.1. The number of amides is 1. The Morgan fingerprint density at radius 2 is 1.56 bits per heavy atom. The third-order valence-corrected chi connectivity index (χ3v) is 6.46. The number of benzene rings is 3. The van der Waals surface area contributed by atoms with Crippen LogP contribution in [0.15, 0.2) is 88.7 Å².